The van der Waals surface area contributed by atoms with Gasteiger partial charge in [0, 0.05) is 44.5 Å². The maximum Gasteiger partial charge on any atom is 0.139 e. The topological polar surface area (TPSA) is 47.6 Å². The smallest absolute Gasteiger partial charge is 0.139 e. The van der Waals surface area contributed by atoms with Crippen LogP contribution in [0.3, 0.4) is 0 Å². The second kappa shape index (κ2) is 8.11. The predicted octanol–water partition coefficient (Wildman–Crippen LogP) is 5.21. The van der Waals surface area contributed by atoms with Gasteiger partial charge in [0.05, 0.1) is 14.2 Å². The highest BCUT2D eigenvalue weighted by atomic mass is 79.9. The Hall–Kier alpha value is -1.37. The van der Waals surface area contributed by atoms with Crippen LogP contribution in [0.2, 0.25) is 0 Å². The van der Waals surface area contributed by atoms with E-state index in [-0.39, 0.29) is 23.8 Å². The number of ether oxygens (including phenoxy) is 2. The molecular weight excluding hydrogens is 462 g/mol. The van der Waals surface area contributed by atoms with Crippen LogP contribution in [0.5, 0.6) is 11.5 Å². The van der Waals surface area contributed by atoms with Gasteiger partial charge < -0.3 is 14.8 Å². The van der Waals surface area contributed by atoms with E-state index in [1.165, 1.54) is 0 Å². The molecule has 138 valence electrons. The first kappa shape index (κ1) is 19.4. The summed E-state index contributed by atoms with van der Waals surface area (Å²) < 4.78 is 13.0. The Morgan fingerprint density at radius 2 is 1.50 bits per heavy atom. The maximum absolute atomic E-state index is 12.8. The molecular formula is C20H21Br2NO3. The minimum Gasteiger partial charge on any atom is -0.496 e. The van der Waals surface area contributed by atoms with Crippen LogP contribution in [-0.4, -0.2) is 20.0 Å². The number of hydrogen-bond donors (Lipinski definition) is 1. The summed E-state index contributed by atoms with van der Waals surface area (Å²) in [5.41, 5.74) is 1.95. The second-order valence-corrected chi connectivity index (χ2v) is 8.26. The summed E-state index contributed by atoms with van der Waals surface area (Å²) in [5, 5.41) is 3.65. The Bertz CT molecular complexity index is 825. The third-order valence-corrected chi connectivity index (χ3v) is 5.87. The summed E-state index contributed by atoms with van der Waals surface area (Å²) in [6.07, 6.45) is 0.431. The van der Waals surface area contributed by atoms with E-state index >= 15 is 0 Å². The van der Waals surface area contributed by atoms with Crippen LogP contribution in [0.4, 0.5) is 0 Å². The molecule has 6 heteroatoms. The third kappa shape index (κ3) is 3.82. The van der Waals surface area contributed by atoms with Gasteiger partial charge >= 0.3 is 0 Å². The zero-order valence-electron chi connectivity index (χ0n) is 14.9. The number of Topliss-reactive ketones (excluding diaryl/α,β-unsaturated/α-hetero) is 1. The van der Waals surface area contributed by atoms with Crippen molar-refractivity contribution in [2.45, 2.75) is 25.4 Å². The molecule has 3 atom stereocenters. The molecule has 26 heavy (non-hydrogen) atoms. The van der Waals surface area contributed by atoms with Gasteiger partial charge in [-0.3, -0.25) is 4.79 Å². The van der Waals surface area contributed by atoms with Crippen molar-refractivity contribution in [3.05, 3.63) is 56.5 Å². The quantitative estimate of drug-likeness (QED) is 0.649. The molecule has 0 radical (unpaired) electrons. The van der Waals surface area contributed by atoms with Crippen LogP contribution in [-0.2, 0) is 4.79 Å². The minimum atomic E-state index is -0.146. The molecule has 0 saturated carbocycles. The number of ketones is 1. The van der Waals surface area contributed by atoms with E-state index in [1.54, 1.807) is 14.2 Å². The molecule has 2 aromatic rings. The summed E-state index contributed by atoms with van der Waals surface area (Å²) in [6.45, 7) is 1.97. The Morgan fingerprint density at radius 3 is 2.08 bits per heavy atom. The summed E-state index contributed by atoms with van der Waals surface area (Å²) in [5.74, 6) is 1.62. The first-order chi connectivity index (χ1) is 12.4. The van der Waals surface area contributed by atoms with Crippen LogP contribution in [0.1, 0.15) is 36.6 Å². The average molecular weight is 483 g/mol. The molecule has 0 aromatic heterocycles. The highest BCUT2D eigenvalue weighted by Crippen LogP contribution is 2.41. The van der Waals surface area contributed by atoms with Crippen molar-refractivity contribution < 1.29 is 14.3 Å². The fraction of sp³-hybridized carbons (Fsp3) is 0.350. The van der Waals surface area contributed by atoms with Crippen molar-refractivity contribution in [3.8, 4) is 11.5 Å². The number of carbonyl (C=O) groups is 1. The number of methoxy groups -OCH3 is 2. The molecule has 1 fully saturated rings. The lowest BCUT2D eigenvalue weighted by Gasteiger charge is -2.36. The standard InChI is InChI=1S/C20H21Br2NO3/c1-11-17(24)10-16(14-8-12(21)4-6-18(14)25-2)23-20(11)15-9-13(22)5-7-19(15)26-3/h4-9,11,16,20,23H,10H2,1-3H3/t11-,16-,20-/m0/s1. The SMILES string of the molecule is COc1ccc(Br)cc1[C@@H]1CC(=O)[C@H](C)[C@@H](c2cc(Br)ccc2OC)N1. The molecule has 1 heterocycles. The summed E-state index contributed by atoms with van der Waals surface area (Å²) in [7, 11) is 3.30. The molecule has 1 saturated heterocycles. The largest absolute Gasteiger partial charge is 0.496 e. The normalized spacial score (nSPS) is 23.0. The third-order valence-electron chi connectivity index (χ3n) is 4.89. The maximum atomic E-state index is 12.8. The van der Waals surface area contributed by atoms with Gasteiger partial charge in [-0.1, -0.05) is 38.8 Å². The molecule has 1 N–H and O–H groups in total. The number of hydrogen-bond acceptors (Lipinski definition) is 4. The van der Waals surface area contributed by atoms with E-state index in [1.807, 2.05) is 43.3 Å². The van der Waals surface area contributed by atoms with E-state index in [2.05, 4.69) is 37.2 Å². The van der Waals surface area contributed by atoms with E-state index in [0.717, 1.165) is 31.6 Å². The minimum absolute atomic E-state index is 0.125. The summed E-state index contributed by atoms with van der Waals surface area (Å²) >= 11 is 7.04. The van der Waals surface area contributed by atoms with Gasteiger partial charge in [-0.15, -0.1) is 0 Å². The predicted molar refractivity (Wildman–Crippen MR) is 109 cm³/mol. The molecule has 0 unspecified atom stereocenters. The van der Waals surface area contributed by atoms with E-state index in [4.69, 9.17) is 9.47 Å². The molecule has 3 rings (SSSR count). The van der Waals surface area contributed by atoms with Gasteiger partial charge in [0.15, 0.2) is 0 Å². The van der Waals surface area contributed by atoms with E-state index in [0.29, 0.717) is 6.42 Å². The number of nitrogens with one attached hydrogen (secondary N) is 1. The Morgan fingerprint density at radius 1 is 0.962 bits per heavy atom. The zero-order valence-corrected chi connectivity index (χ0v) is 18.1. The lowest BCUT2D eigenvalue weighted by Crippen LogP contribution is -2.41. The second-order valence-electron chi connectivity index (χ2n) is 6.43. The van der Waals surface area contributed by atoms with Gasteiger partial charge in [-0.05, 0) is 36.4 Å². The highest BCUT2D eigenvalue weighted by molar-refractivity contribution is 9.10. The van der Waals surface area contributed by atoms with Crippen LogP contribution in [0.25, 0.3) is 0 Å². The van der Waals surface area contributed by atoms with E-state index < -0.39 is 0 Å². The van der Waals surface area contributed by atoms with Crippen LogP contribution in [0.15, 0.2) is 45.3 Å². The summed E-state index contributed by atoms with van der Waals surface area (Å²) in [4.78, 5) is 12.8. The van der Waals surface area contributed by atoms with Gasteiger partial charge in [0.2, 0.25) is 0 Å². The number of rotatable bonds is 4. The van der Waals surface area contributed by atoms with Gasteiger partial charge in [0.25, 0.3) is 0 Å². The monoisotopic (exact) mass is 481 g/mol. The van der Waals surface area contributed by atoms with Gasteiger partial charge in [-0.2, -0.15) is 0 Å². The van der Waals surface area contributed by atoms with Gasteiger partial charge in [0.1, 0.15) is 17.3 Å². The Balaban J connectivity index is 2.02. The lowest BCUT2D eigenvalue weighted by atomic mass is 9.81. The fourth-order valence-electron chi connectivity index (χ4n) is 3.48. The zero-order chi connectivity index (χ0) is 18.8. The summed E-state index contributed by atoms with van der Waals surface area (Å²) in [6, 6.07) is 11.5. The number of halogens is 2. The Kier molecular flexibility index (Phi) is 6.05. The molecule has 0 spiro atoms. The van der Waals surface area contributed by atoms with Crippen molar-refractivity contribution in [1.29, 1.82) is 0 Å². The van der Waals surface area contributed by atoms with Crippen molar-refractivity contribution in [1.82, 2.24) is 5.32 Å². The van der Waals surface area contributed by atoms with Crippen LogP contribution >= 0.6 is 31.9 Å². The lowest BCUT2D eigenvalue weighted by molar-refractivity contribution is -0.126. The fourth-order valence-corrected chi connectivity index (χ4v) is 4.24. The molecule has 1 aliphatic heterocycles. The first-order valence-electron chi connectivity index (χ1n) is 8.40. The van der Waals surface area contributed by atoms with Crippen molar-refractivity contribution in [2.24, 2.45) is 5.92 Å². The average Bonchev–Trinajstić information content (AvgIpc) is 2.63. The molecule has 0 bridgehead atoms. The molecule has 2 aromatic carbocycles. The van der Waals surface area contributed by atoms with Crippen LogP contribution in [0, 0.1) is 5.92 Å². The van der Waals surface area contributed by atoms with Crippen molar-refractivity contribution in [3.63, 3.8) is 0 Å². The molecule has 4 nitrogen and oxygen atoms in total. The van der Waals surface area contributed by atoms with E-state index in [9.17, 15) is 4.79 Å². The number of benzene rings is 2. The highest BCUT2D eigenvalue weighted by Gasteiger charge is 2.37. The Labute approximate surface area is 170 Å². The molecule has 1 aliphatic rings. The molecule has 0 amide bonds. The van der Waals surface area contributed by atoms with Gasteiger partial charge in [-0.25, -0.2) is 0 Å². The first-order valence-corrected chi connectivity index (χ1v) is 9.98. The molecule has 0 aliphatic carbocycles. The van der Waals surface area contributed by atoms with Crippen molar-refractivity contribution in [2.75, 3.05) is 14.2 Å². The number of piperidine rings is 1. The number of carbonyl (C=O) groups excluding carboxylic acids is 1. The van der Waals surface area contributed by atoms with Crippen LogP contribution < -0.4 is 14.8 Å². The van der Waals surface area contributed by atoms with Crippen molar-refractivity contribution >= 4 is 37.6 Å².